The topological polar surface area (TPSA) is 18.5 Å². The zero-order chi connectivity index (χ0) is 17.3. The molecule has 0 aromatic rings. The molecular formula is C22H44O2. The van der Waals surface area contributed by atoms with E-state index in [9.17, 15) is 0 Å². The van der Waals surface area contributed by atoms with Crippen LogP contribution in [0, 0.1) is 0 Å². The van der Waals surface area contributed by atoms with Crippen LogP contribution in [0.3, 0.4) is 0 Å². The lowest BCUT2D eigenvalue weighted by Gasteiger charge is -2.41. The molecule has 0 N–H and O–H groups in total. The molecule has 1 atom stereocenters. The van der Waals surface area contributed by atoms with Gasteiger partial charge in [-0.15, -0.1) is 0 Å². The SMILES string of the molecule is CCCCCCCCCCCCOC1(CCCCCCC)CCO1. The van der Waals surface area contributed by atoms with Crippen molar-refractivity contribution in [1.29, 1.82) is 0 Å². The van der Waals surface area contributed by atoms with Gasteiger partial charge in [0.2, 0.25) is 0 Å². The summed E-state index contributed by atoms with van der Waals surface area (Å²) in [6.07, 6.45) is 22.7. The van der Waals surface area contributed by atoms with Gasteiger partial charge in [0, 0.05) is 12.8 Å². The Morgan fingerprint density at radius 1 is 0.667 bits per heavy atom. The lowest BCUT2D eigenvalue weighted by Crippen LogP contribution is -2.46. The summed E-state index contributed by atoms with van der Waals surface area (Å²) in [5.41, 5.74) is 0. The van der Waals surface area contributed by atoms with Gasteiger partial charge < -0.3 is 9.47 Å². The van der Waals surface area contributed by atoms with Gasteiger partial charge >= 0.3 is 0 Å². The molecule has 0 aromatic carbocycles. The average Bonchev–Trinajstić information content (AvgIpc) is 2.56. The van der Waals surface area contributed by atoms with Crippen LogP contribution in [-0.2, 0) is 9.47 Å². The van der Waals surface area contributed by atoms with E-state index in [0.29, 0.717) is 0 Å². The van der Waals surface area contributed by atoms with Crippen LogP contribution in [0.25, 0.3) is 0 Å². The summed E-state index contributed by atoms with van der Waals surface area (Å²) in [6, 6.07) is 0. The fourth-order valence-corrected chi connectivity index (χ4v) is 3.56. The summed E-state index contributed by atoms with van der Waals surface area (Å²) in [5, 5.41) is 0. The third-order valence-corrected chi connectivity index (χ3v) is 5.37. The smallest absolute Gasteiger partial charge is 0.170 e. The highest BCUT2D eigenvalue weighted by Crippen LogP contribution is 2.33. The van der Waals surface area contributed by atoms with E-state index in [-0.39, 0.29) is 5.79 Å². The van der Waals surface area contributed by atoms with Crippen molar-refractivity contribution in [3.05, 3.63) is 0 Å². The second kappa shape index (κ2) is 15.2. The van der Waals surface area contributed by atoms with Gasteiger partial charge in [-0.2, -0.15) is 0 Å². The van der Waals surface area contributed by atoms with E-state index >= 15 is 0 Å². The molecule has 1 saturated heterocycles. The van der Waals surface area contributed by atoms with E-state index in [4.69, 9.17) is 9.47 Å². The van der Waals surface area contributed by atoms with Crippen molar-refractivity contribution in [3.63, 3.8) is 0 Å². The first kappa shape index (κ1) is 22.0. The van der Waals surface area contributed by atoms with Crippen LogP contribution in [-0.4, -0.2) is 19.0 Å². The van der Waals surface area contributed by atoms with Gasteiger partial charge in [0.05, 0.1) is 13.2 Å². The van der Waals surface area contributed by atoms with Crippen LogP contribution in [0.15, 0.2) is 0 Å². The van der Waals surface area contributed by atoms with Crippen LogP contribution in [0.4, 0.5) is 0 Å². The van der Waals surface area contributed by atoms with Gasteiger partial charge in [0.15, 0.2) is 5.79 Å². The molecule has 2 heteroatoms. The van der Waals surface area contributed by atoms with Gasteiger partial charge in [-0.3, -0.25) is 0 Å². The normalized spacial score (nSPS) is 20.2. The number of ether oxygens (including phenoxy) is 2. The Morgan fingerprint density at radius 2 is 1.12 bits per heavy atom. The highest BCUT2D eigenvalue weighted by molar-refractivity contribution is 4.78. The second-order valence-corrected chi connectivity index (χ2v) is 7.70. The molecule has 1 unspecified atom stereocenters. The van der Waals surface area contributed by atoms with Crippen LogP contribution < -0.4 is 0 Å². The summed E-state index contributed by atoms with van der Waals surface area (Å²) < 4.78 is 11.9. The van der Waals surface area contributed by atoms with Crippen molar-refractivity contribution in [2.75, 3.05) is 13.2 Å². The molecule has 0 spiro atoms. The third kappa shape index (κ3) is 10.7. The van der Waals surface area contributed by atoms with Crippen molar-refractivity contribution >= 4 is 0 Å². The molecule has 0 aromatic heterocycles. The molecule has 2 nitrogen and oxygen atoms in total. The fraction of sp³-hybridized carbons (Fsp3) is 1.00. The Hall–Kier alpha value is -0.0800. The minimum atomic E-state index is -0.189. The zero-order valence-corrected chi connectivity index (χ0v) is 16.8. The lowest BCUT2D eigenvalue weighted by atomic mass is 9.99. The monoisotopic (exact) mass is 340 g/mol. The van der Waals surface area contributed by atoms with Crippen LogP contribution in [0.1, 0.15) is 123 Å². The second-order valence-electron chi connectivity index (χ2n) is 7.70. The summed E-state index contributed by atoms with van der Waals surface area (Å²) in [7, 11) is 0. The van der Waals surface area contributed by atoms with Crippen LogP contribution in [0.5, 0.6) is 0 Å². The molecule has 1 heterocycles. The highest BCUT2D eigenvalue weighted by atomic mass is 16.7. The molecule has 0 aliphatic carbocycles. The predicted molar refractivity (Wildman–Crippen MR) is 104 cm³/mol. The minimum absolute atomic E-state index is 0.189. The maximum atomic E-state index is 6.12. The number of hydrogen-bond donors (Lipinski definition) is 0. The standard InChI is InChI=1S/C22H44O2/c1-3-5-7-9-10-11-12-13-15-17-20-23-22(19-21-24-22)18-16-14-8-6-4-2/h3-21H2,1-2H3. The Labute approximate surface area is 152 Å². The van der Waals surface area contributed by atoms with Gasteiger partial charge in [-0.05, 0) is 12.8 Å². The third-order valence-electron chi connectivity index (χ3n) is 5.37. The lowest BCUT2D eigenvalue weighted by molar-refractivity contribution is -0.311. The summed E-state index contributed by atoms with van der Waals surface area (Å²) in [5.74, 6) is -0.189. The first-order valence-electron chi connectivity index (χ1n) is 11.1. The minimum Gasteiger partial charge on any atom is -0.350 e. The molecule has 0 saturated carbocycles. The molecule has 0 amide bonds. The van der Waals surface area contributed by atoms with Crippen molar-refractivity contribution < 1.29 is 9.47 Å². The van der Waals surface area contributed by atoms with E-state index in [1.54, 1.807) is 0 Å². The molecule has 0 bridgehead atoms. The van der Waals surface area contributed by atoms with Gasteiger partial charge in [-0.25, -0.2) is 0 Å². The van der Waals surface area contributed by atoms with E-state index in [1.807, 2.05) is 0 Å². The predicted octanol–water partition coefficient (Wildman–Crippen LogP) is 7.40. The summed E-state index contributed by atoms with van der Waals surface area (Å²) in [4.78, 5) is 0. The first-order chi connectivity index (χ1) is 11.8. The van der Waals surface area contributed by atoms with Crippen molar-refractivity contribution in [3.8, 4) is 0 Å². The molecule has 1 rings (SSSR count). The van der Waals surface area contributed by atoms with Crippen LogP contribution >= 0.6 is 0 Å². The Bertz CT molecular complexity index is 261. The number of rotatable bonds is 18. The number of hydrogen-bond acceptors (Lipinski definition) is 2. The van der Waals surface area contributed by atoms with Gasteiger partial charge in [-0.1, -0.05) is 97.3 Å². The van der Waals surface area contributed by atoms with Gasteiger partial charge in [0.25, 0.3) is 0 Å². The van der Waals surface area contributed by atoms with Crippen molar-refractivity contribution in [2.24, 2.45) is 0 Å². The van der Waals surface area contributed by atoms with Crippen LogP contribution in [0.2, 0.25) is 0 Å². The Kier molecular flexibility index (Phi) is 13.9. The summed E-state index contributed by atoms with van der Waals surface area (Å²) in [6.45, 7) is 6.35. The van der Waals surface area contributed by atoms with E-state index in [0.717, 1.165) is 26.1 Å². The summed E-state index contributed by atoms with van der Waals surface area (Å²) >= 11 is 0. The quantitative estimate of drug-likeness (QED) is 0.242. The van der Waals surface area contributed by atoms with E-state index in [2.05, 4.69) is 13.8 Å². The Balaban J connectivity index is 1.88. The molecule has 0 radical (unpaired) electrons. The maximum absolute atomic E-state index is 6.12. The molecule has 1 fully saturated rings. The van der Waals surface area contributed by atoms with E-state index < -0.39 is 0 Å². The fourth-order valence-electron chi connectivity index (χ4n) is 3.56. The van der Waals surface area contributed by atoms with Gasteiger partial charge in [0.1, 0.15) is 0 Å². The maximum Gasteiger partial charge on any atom is 0.170 e. The number of unbranched alkanes of at least 4 members (excludes halogenated alkanes) is 13. The first-order valence-corrected chi connectivity index (χ1v) is 11.1. The molecule has 1 aliphatic heterocycles. The Morgan fingerprint density at radius 3 is 1.58 bits per heavy atom. The average molecular weight is 341 g/mol. The zero-order valence-electron chi connectivity index (χ0n) is 16.8. The molecule has 24 heavy (non-hydrogen) atoms. The molecule has 1 aliphatic rings. The molecule has 144 valence electrons. The van der Waals surface area contributed by atoms with E-state index in [1.165, 1.54) is 96.3 Å². The molecular weight excluding hydrogens is 296 g/mol. The van der Waals surface area contributed by atoms with Crippen molar-refractivity contribution in [1.82, 2.24) is 0 Å². The largest absolute Gasteiger partial charge is 0.350 e. The van der Waals surface area contributed by atoms with Crippen molar-refractivity contribution in [2.45, 2.75) is 129 Å². The highest BCUT2D eigenvalue weighted by Gasteiger charge is 2.38.